The molecule has 0 aliphatic heterocycles. The Hall–Kier alpha value is -4.47. The topological polar surface area (TPSA) is 165 Å². The maximum Gasteiger partial charge on any atom is 0.336 e. The maximum absolute atomic E-state index is 13.0. The summed E-state index contributed by atoms with van der Waals surface area (Å²) in [6.07, 6.45) is 11.1. The Morgan fingerprint density at radius 3 is 2.48 bits per heavy atom. The van der Waals surface area contributed by atoms with Crippen LogP contribution in [0, 0.1) is 0 Å². The summed E-state index contributed by atoms with van der Waals surface area (Å²) in [5.74, 6) is -0.251. The fourth-order valence-corrected chi connectivity index (χ4v) is 5.47. The lowest BCUT2D eigenvalue weighted by Crippen LogP contribution is -2.16. The number of carbonyl (C=O) groups excluding carboxylic acids is 2. The molecule has 0 bridgehead atoms. The number of carboxylic acids is 1. The third-order valence-electron chi connectivity index (χ3n) is 7.64. The molecule has 220 valence electrons. The number of amides is 1. The average molecular weight is 572 g/mol. The summed E-state index contributed by atoms with van der Waals surface area (Å²) < 4.78 is 2.23. The van der Waals surface area contributed by atoms with E-state index in [-0.39, 0.29) is 22.4 Å². The first-order valence-electron chi connectivity index (χ1n) is 14.0. The predicted octanol–water partition coefficient (Wildman–Crippen LogP) is 4.60. The Labute approximate surface area is 244 Å². The molecule has 0 atom stereocenters. The molecular formula is C33H37N3O6. The number of carbonyl (C=O) groups is 3. The van der Waals surface area contributed by atoms with Gasteiger partial charge in [0.2, 0.25) is 0 Å². The number of hydrogen-bond donors (Lipinski definition) is 1. The molecule has 9 heteroatoms. The molecule has 0 saturated heterocycles. The second-order valence-corrected chi connectivity index (χ2v) is 10.3. The Morgan fingerprint density at radius 2 is 1.76 bits per heavy atom. The number of unbranched alkanes of at least 4 members (excludes halogenated alkanes) is 1. The van der Waals surface area contributed by atoms with E-state index in [0.29, 0.717) is 48.2 Å². The van der Waals surface area contributed by atoms with Gasteiger partial charge in [0.05, 0.1) is 22.7 Å². The summed E-state index contributed by atoms with van der Waals surface area (Å²) in [7, 11) is 0. The van der Waals surface area contributed by atoms with E-state index < -0.39 is 5.97 Å². The Kier molecular flexibility index (Phi) is 11.0. The van der Waals surface area contributed by atoms with Crippen molar-refractivity contribution in [3.8, 4) is 11.1 Å². The molecule has 3 aromatic rings. The van der Waals surface area contributed by atoms with Gasteiger partial charge in [0.15, 0.2) is 0 Å². The summed E-state index contributed by atoms with van der Waals surface area (Å²) in [5, 5.41) is 9.58. The Balaban J connectivity index is 0.00000242. The lowest BCUT2D eigenvalue weighted by Gasteiger charge is -2.16. The van der Waals surface area contributed by atoms with E-state index in [9.17, 15) is 19.5 Å². The van der Waals surface area contributed by atoms with Gasteiger partial charge < -0.3 is 20.6 Å². The van der Waals surface area contributed by atoms with E-state index in [1.165, 1.54) is 0 Å². The summed E-state index contributed by atoms with van der Waals surface area (Å²) in [5.41, 5.74) is 6.61. The van der Waals surface area contributed by atoms with Crippen LogP contribution in [0.1, 0.15) is 78.6 Å². The van der Waals surface area contributed by atoms with Crippen LogP contribution in [0.25, 0.3) is 17.2 Å². The molecule has 2 aromatic carbocycles. The third kappa shape index (κ3) is 6.87. The minimum Gasteiger partial charge on any atom is -0.478 e. The SMILES string of the molecule is CCCCc1nc2c(n1Cc1ccc(-c3ccccc3C(=O)O)cc1)CC(=NC(=O)C1=C(C=O)CCCC1)C=C2.O.O. The number of fused-ring (bicyclic) bond motifs is 1. The van der Waals surface area contributed by atoms with Gasteiger partial charge in [0, 0.05) is 30.5 Å². The normalized spacial score (nSPS) is 15.0. The summed E-state index contributed by atoms with van der Waals surface area (Å²) >= 11 is 0. The maximum atomic E-state index is 13.0. The van der Waals surface area contributed by atoms with Crippen LogP contribution in [0.5, 0.6) is 0 Å². The molecule has 42 heavy (non-hydrogen) atoms. The van der Waals surface area contributed by atoms with Crippen LogP contribution in [0.3, 0.4) is 0 Å². The minimum absolute atomic E-state index is 0. The van der Waals surface area contributed by atoms with Crippen molar-refractivity contribution < 1.29 is 30.4 Å². The van der Waals surface area contributed by atoms with E-state index in [2.05, 4.69) is 16.5 Å². The molecule has 0 saturated carbocycles. The molecule has 2 aliphatic carbocycles. The minimum atomic E-state index is -0.948. The molecule has 1 aromatic heterocycles. The molecule has 2 aliphatic rings. The standard InChI is InChI=1S/C33H33N3O4.2H2O/c1-2-3-12-31-35-29-18-17-25(34-32(38)27-10-5-4-8-24(27)21-37)19-30(29)36(31)20-22-13-15-23(16-14-22)26-9-6-7-11-28(26)33(39)40;;/h6-7,9,11,13-18,21H,2-5,8,10,12,19-20H2,1H3,(H,39,40);2*1H2. The highest BCUT2D eigenvalue weighted by atomic mass is 16.4. The first-order chi connectivity index (χ1) is 19.5. The molecule has 0 fully saturated rings. The average Bonchev–Trinajstić information content (AvgIpc) is 3.32. The zero-order valence-corrected chi connectivity index (χ0v) is 23.7. The van der Waals surface area contributed by atoms with Gasteiger partial charge in [0.1, 0.15) is 12.1 Å². The number of benzene rings is 2. The van der Waals surface area contributed by atoms with Gasteiger partial charge in [-0.1, -0.05) is 55.8 Å². The fourth-order valence-electron chi connectivity index (χ4n) is 5.47. The van der Waals surface area contributed by atoms with Crippen LogP contribution in [0.4, 0.5) is 0 Å². The van der Waals surface area contributed by atoms with Crippen molar-refractivity contribution in [2.24, 2.45) is 4.99 Å². The van der Waals surface area contributed by atoms with Gasteiger partial charge in [-0.25, -0.2) is 14.8 Å². The van der Waals surface area contributed by atoms with Gasteiger partial charge in [-0.3, -0.25) is 9.59 Å². The van der Waals surface area contributed by atoms with E-state index in [4.69, 9.17) is 4.98 Å². The third-order valence-corrected chi connectivity index (χ3v) is 7.64. The highest BCUT2D eigenvalue weighted by Crippen LogP contribution is 2.28. The van der Waals surface area contributed by atoms with Gasteiger partial charge in [0.25, 0.3) is 5.91 Å². The number of allylic oxidation sites excluding steroid dienone is 2. The number of aromatic nitrogens is 2. The second kappa shape index (κ2) is 14.4. The van der Waals surface area contributed by atoms with Gasteiger partial charge in [-0.2, -0.15) is 0 Å². The van der Waals surface area contributed by atoms with Gasteiger partial charge >= 0.3 is 5.97 Å². The number of hydrogen-bond acceptors (Lipinski definition) is 4. The van der Waals surface area contributed by atoms with Crippen molar-refractivity contribution in [3.05, 3.63) is 94.1 Å². The van der Waals surface area contributed by atoms with Gasteiger partial charge in [-0.05, 0) is 67.0 Å². The molecule has 0 spiro atoms. The highest BCUT2D eigenvalue weighted by Gasteiger charge is 2.23. The zero-order chi connectivity index (χ0) is 28.1. The van der Waals surface area contributed by atoms with Crippen LogP contribution in [0.15, 0.2) is 70.7 Å². The highest BCUT2D eigenvalue weighted by molar-refractivity contribution is 6.12. The lowest BCUT2D eigenvalue weighted by molar-refractivity contribution is -0.115. The summed E-state index contributed by atoms with van der Waals surface area (Å²) in [6.45, 7) is 2.77. The molecule has 5 rings (SSSR count). The monoisotopic (exact) mass is 571 g/mol. The largest absolute Gasteiger partial charge is 0.478 e. The Bertz CT molecular complexity index is 1550. The van der Waals surface area contributed by atoms with E-state index >= 15 is 0 Å². The van der Waals surface area contributed by atoms with Crippen molar-refractivity contribution in [2.75, 3.05) is 0 Å². The smallest absolute Gasteiger partial charge is 0.336 e. The van der Waals surface area contributed by atoms with E-state index in [1.54, 1.807) is 12.1 Å². The van der Waals surface area contributed by atoms with Crippen molar-refractivity contribution >= 4 is 30.0 Å². The fraction of sp³-hybridized carbons (Fsp3) is 0.303. The molecule has 9 nitrogen and oxygen atoms in total. The number of rotatable bonds is 9. The number of nitrogens with zero attached hydrogens (tertiary/aromatic N) is 3. The van der Waals surface area contributed by atoms with Crippen molar-refractivity contribution in [3.63, 3.8) is 0 Å². The first-order valence-corrected chi connectivity index (χ1v) is 14.0. The van der Waals surface area contributed by atoms with Gasteiger partial charge in [-0.15, -0.1) is 0 Å². The zero-order valence-electron chi connectivity index (χ0n) is 23.7. The molecule has 1 heterocycles. The van der Waals surface area contributed by atoms with Crippen LogP contribution in [0.2, 0.25) is 0 Å². The van der Waals surface area contributed by atoms with Crippen molar-refractivity contribution in [1.29, 1.82) is 0 Å². The number of aldehydes is 1. The van der Waals surface area contributed by atoms with Crippen LogP contribution < -0.4 is 0 Å². The van der Waals surface area contributed by atoms with Crippen molar-refractivity contribution in [2.45, 2.75) is 64.8 Å². The number of carboxylic acid groups (broad SMARTS) is 1. The van der Waals surface area contributed by atoms with Crippen molar-refractivity contribution in [1.82, 2.24) is 9.55 Å². The molecular weight excluding hydrogens is 534 g/mol. The molecule has 0 radical (unpaired) electrons. The lowest BCUT2D eigenvalue weighted by atomic mass is 9.92. The van der Waals surface area contributed by atoms with Crippen LogP contribution >= 0.6 is 0 Å². The second-order valence-electron chi connectivity index (χ2n) is 10.3. The van der Waals surface area contributed by atoms with Crippen LogP contribution in [-0.2, 0) is 29.0 Å². The summed E-state index contributed by atoms with van der Waals surface area (Å²) in [4.78, 5) is 45.5. The number of aryl methyl sites for hydroxylation is 1. The van der Waals surface area contributed by atoms with E-state index in [1.807, 2.05) is 48.6 Å². The number of aromatic carboxylic acids is 1. The molecule has 1 amide bonds. The predicted molar refractivity (Wildman–Crippen MR) is 163 cm³/mol. The molecule has 5 N–H and O–H groups in total. The molecule has 0 unspecified atom stereocenters. The van der Waals surface area contributed by atoms with Crippen LogP contribution in [-0.4, -0.2) is 49.5 Å². The first kappa shape index (κ1) is 32.0. The number of aliphatic imine (C=N–C) groups is 1. The summed E-state index contributed by atoms with van der Waals surface area (Å²) in [6, 6.07) is 15.0. The quantitative estimate of drug-likeness (QED) is 0.370. The number of imidazole rings is 1. The van der Waals surface area contributed by atoms with E-state index in [0.717, 1.165) is 66.7 Å². The Morgan fingerprint density at radius 1 is 1.02 bits per heavy atom.